The van der Waals surface area contributed by atoms with Crippen LogP contribution in [0, 0.1) is 5.92 Å². The minimum absolute atomic E-state index is 0.478. The molecule has 1 aliphatic rings. The molecule has 1 aliphatic heterocycles. The van der Waals surface area contributed by atoms with Crippen LogP contribution in [0.15, 0.2) is 59.8 Å². The number of ether oxygens (including phenoxy) is 2. The lowest BCUT2D eigenvalue weighted by Crippen LogP contribution is -2.47. The largest absolute Gasteiger partial charge is 0.493 e. The van der Waals surface area contributed by atoms with Gasteiger partial charge in [-0.2, -0.15) is 0 Å². The highest BCUT2D eigenvalue weighted by Crippen LogP contribution is 2.24. The molecule has 2 N–H and O–H groups in total. The molecule has 0 saturated carbocycles. The predicted molar refractivity (Wildman–Crippen MR) is 113 cm³/mol. The van der Waals surface area contributed by atoms with E-state index in [1.807, 2.05) is 19.1 Å². The van der Waals surface area contributed by atoms with E-state index in [0.29, 0.717) is 13.2 Å². The molecule has 1 saturated heterocycles. The van der Waals surface area contributed by atoms with Crippen molar-refractivity contribution in [2.75, 3.05) is 32.8 Å². The van der Waals surface area contributed by atoms with Crippen molar-refractivity contribution in [2.24, 2.45) is 10.9 Å². The predicted octanol–water partition coefficient (Wildman–Crippen LogP) is 3.49. The summed E-state index contributed by atoms with van der Waals surface area (Å²) in [6.45, 7) is 14.3. The Morgan fingerprint density at radius 3 is 2.70 bits per heavy atom. The monoisotopic (exact) mass is 369 g/mol. The van der Waals surface area contributed by atoms with Crippen LogP contribution in [0.1, 0.15) is 18.9 Å². The van der Waals surface area contributed by atoms with Gasteiger partial charge >= 0.3 is 0 Å². The summed E-state index contributed by atoms with van der Waals surface area (Å²) >= 11 is 0. The van der Waals surface area contributed by atoms with Gasteiger partial charge in [0.25, 0.3) is 0 Å². The van der Waals surface area contributed by atoms with Gasteiger partial charge in [-0.15, -0.1) is 0 Å². The van der Waals surface area contributed by atoms with Crippen LogP contribution in [0.3, 0.4) is 0 Å². The Labute approximate surface area is 162 Å². The van der Waals surface area contributed by atoms with Gasteiger partial charge in [0, 0.05) is 44.9 Å². The van der Waals surface area contributed by atoms with Crippen molar-refractivity contribution in [3.05, 3.63) is 60.3 Å². The molecule has 0 aliphatic carbocycles. The highest BCUT2D eigenvalue weighted by atomic mass is 16.5. The number of nitrogens with one attached hydrogen (secondary N) is 2. The van der Waals surface area contributed by atoms with Gasteiger partial charge in [0.05, 0.1) is 6.61 Å². The lowest BCUT2D eigenvalue weighted by atomic mass is 10.0. The van der Waals surface area contributed by atoms with E-state index in [1.165, 1.54) is 0 Å². The van der Waals surface area contributed by atoms with Gasteiger partial charge in [0.2, 0.25) is 0 Å². The molecule has 0 atom stereocenters. The topological polar surface area (TPSA) is 54.9 Å². The minimum atomic E-state index is 0.478. The Morgan fingerprint density at radius 1 is 1.30 bits per heavy atom. The van der Waals surface area contributed by atoms with Gasteiger partial charge in [0.1, 0.15) is 18.1 Å². The second kappa shape index (κ2) is 12.1. The number of hydrogen-bond acceptors (Lipinski definition) is 5. The van der Waals surface area contributed by atoms with Gasteiger partial charge in [-0.1, -0.05) is 18.7 Å². The summed E-state index contributed by atoms with van der Waals surface area (Å²) in [5.74, 6) is 2.36. The molecule has 2 rings (SSSR count). The average molecular weight is 370 g/mol. The zero-order valence-corrected chi connectivity index (χ0v) is 16.2. The Balaban J connectivity index is 1.93. The van der Waals surface area contributed by atoms with E-state index in [0.717, 1.165) is 61.2 Å². The number of nitrogens with zero attached hydrogens (tertiary/aromatic N) is 1. The lowest BCUT2D eigenvalue weighted by molar-refractivity contribution is 0.315. The standard InChI is InChI=1S/C22H31N3O2/c1-4-9-26-21-11-19(14-24-15-20-16-25-17-20)12-22(13-21)27-10-7-18(5-2)6-8-23-3/h4-6,8,11-13,20,24-25H,1,3,7,9-10,14-17H2,2H3/b8-6-,18-5+. The van der Waals surface area contributed by atoms with Gasteiger partial charge in [-0.05, 0) is 48.9 Å². The number of rotatable bonds is 13. The quantitative estimate of drug-likeness (QED) is 0.317. The molecule has 0 spiro atoms. The molecule has 5 heteroatoms. The molecule has 1 fully saturated rings. The Kier molecular flexibility index (Phi) is 9.38. The van der Waals surface area contributed by atoms with Crippen molar-refractivity contribution in [3.63, 3.8) is 0 Å². The fraction of sp³-hybridized carbons (Fsp3) is 0.409. The third-order valence-electron chi connectivity index (χ3n) is 4.36. The van der Waals surface area contributed by atoms with Crippen LogP contribution in [0.2, 0.25) is 0 Å². The number of hydrogen-bond donors (Lipinski definition) is 2. The van der Waals surface area contributed by atoms with Crippen LogP contribution >= 0.6 is 0 Å². The van der Waals surface area contributed by atoms with Crippen LogP contribution in [0.5, 0.6) is 11.5 Å². The van der Waals surface area contributed by atoms with E-state index in [-0.39, 0.29) is 0 Å². The molecule has 0 bridgehead atoms. The molecular weight excluding hydrogens is 338 g/mol. The van der Waals surface area contributed by atoms with Crippen LogP contribution in [-0.2, 0) is 6.54 Å². The van der Waals surface area contributed by atoms with Crippen molar-refractivity contribution in [1.29, 1.82) is 0 Å². The zero-order valence-electron chi connectivity index (χ0n) is 16.2. The normalized spacial score (nSPS) is 14.8. The maximum Gasteiger partial charge on any atom is 0.123 e. The second-order valence-corrected chi connectivity index (χ2v) is 6.53. The first-order valence-electron chi connectivity index (χ1n) is 9.44. The van der Waals surface area contributed by atoms with E-state index in [1.54, 1.807) is 12.3 Å². The Bertz CT molecular complexity index is 664. The van der Waals surface area contributed by atoms with Crippen molar-refractivity contribution >= 4 is 6.72 Å². The Hall–Kier alpha value is -2.37. The van der Waals surface area contributed by atoms with E-state index in [9.17, 15) is 0 Å². The molecule has 146 valence electrons. The van der Waals surface area contributed by atoms with Gasteiger partial charge in [0.15, 0.2) is 0 Å². The van der Waals surface area contributed by atoms with Crippen molar-refractivity contribution in [2.45, 2.75) is 19.9 Å². The third kappa shape index (κ3) is 7.81. The summed E-state index contributed by atoms with van der Waals surface area (Å²) < 4.78 is 11.7. The first-order valence-corrected chi connectivity index (χ1v) is 9.44. The summed E-state index contributed by atoms with van der Waals surface area (Å²) in [7, 11) is 0. The molecule has 1 heterocycles. The first kappa shape index (κ1) is 20.9. The summed E-state index contributed by atoms with van der Waals surface area (Å²) in [4.78, 5) is 3.74. The van der Waals surface area contributed by atoms with Crippen molar-refractivity contribution in [3.8, 4) is 11.5 Å². The average Bonchev–Trinajstić information content (AvgIpc) is 2.64. The summed E-state index contributed by atoms with van der Waals surface area (Å²) in [6, 6.07) is 6.06. The molecule has 0 radical (unpaired) electrons. The summed E-state index contributed by atoms with van der Waals surface area (Å²) in [6.07, 6.45) is 8.25. The maximum atomic E-state index is 5.97. The first-order chi connectivity index (χ1) is 13.2. The fourth-order valence-electron chi connectivity index (χ4n) is 2.73. The molecule has 27 heavy (non-hydrogen) atoms. The third-order valence-corrected chi connectivity index (χ3v) is 4.36. The molecule has 5 nitrogen and oxygen atoms in total. The van der Waals surface area contributed by atoms with E-state index >= 15 is 0 Å². The maximum absolute atomic E-state index is 5.97. The van der Waals surface area contributed by atoms with Gasteiger partial charge < -0.3 is 20.1 Å². The minimum Gasteiger partial charge on any atom is -0.493 e. The van der Waals surface area contributed by atoms with E-state index in [2.05, 4.69) is 47.1 Å². The zero-order chi connectivity index (χ0) is 19.3. The Morgan fingerprint density at radius 2 is 2.07 bits per heavy atom. The van der Waals surface area contributed by atoms with Crippen LogP contribution in [0.4, 0.5) is 0 Å². The highest BCUT2D eigenvalue weighted by molar-refractivity contribution is 5.38. The SMILES string of the molecule is C=CCOc1cc(CNCC2CNC2)cc(OCCC(/C=C\N=C)=C/C)c1. The molecule has 0 amide bonds. The number of benzene rings is 1. The van der Waals surface area contributed by atoms with Crippen LogP contribution in [0.25, 0.3) is 0 Å². The molecule has 0 unspecified atom stereocenters. The van der Waals surface area contributed by atoms with Crippen molar-refractivity contribution < 1.29 is 9.47 Å². The van der Waals surface area contributed by atoms with Crippen LogP contribution < -0.4 is 20.1 Å². The summed E-state index contributed by atoms with van der Waals surface area (Å²) in [5, 5.41) is 6.81. The van der Waals surface area contributed by atoms with Gasteiger partial charge in [-0.3, -0.25) is 4.99 Å². The molecular formula is C22H31N3O2. The number of allylic oxidation sites excluding steroid dienone is 2. The van der Waals surface area contributed by atoms with E-state index < -0.39 is 0 Å². The van der Waals surface area contributed by atoms with Gasteiger partial charge in [-0.25, -0.2) is 0 Å². The smallest absolute Gasteiger partial charge is 0.123 e. The van der Waals surface area contributed by atoms with Crippen molar-refractivity contribution in [1.82, 2.24) is 10.6 Å². The highest BCUT2D eigenvalue weighted by Gasteiger charge is 2.15. The van der Waals surface area contributed by atoms with Crippen LogP contribution in [-0.4, -0.2) is 39.6 Å². The fourth-order valence-corrected chi connectivity index (χ4v) is 2.73. The number of aliphatic imine (C=N–C) groups is 1. The molecule has 1 aromatic carbocycles. The summed E-state index contributed by atoms with van der Waals surface area (Å²) in [5.41, 5.74) is 2.32. The molecule has 1 aromatic rings. The molecule has 0 aromatic heterocycles. The second-order valence-electron chi connectivity index (χ2n) is 6.53. The lowest BCUT2D eigenvalue weighted by Gasteiger charge is -2.27. The van der Waals surface area contributed by atoms with E-state index in [4.69, 9.17) is 9.47 Å².